The van der Waals surface area contributed by atoms with E-state index in [1.807, 2.05) is 12.1 Å². The molecule has 0 aliphatic rings. The smallest absolute Gasteiger partial charge is 0.223 e. The van der Waals surface area contributed by atoms with Gasteiger partial charge in [0.05, 0.1) is 6.54 Å². The van der Waals surface area contributed by atoms with Crippen molar-refractivity contribution in [3.05, 3.63) is 46.0 Å². The Morgan fingerprint density at radius 2 is 2.25 bits per heavy atom. The Kier molecular flexibility index (Phi) is 3.69. The predicted molar refractivity (Wildman–Crippen MR) is 63.7 cm³/mol. The van der Waals surface area contributed by atoms with Gasteiger partial charge in [-0.3, -0.25) is 0 Å². The summed E-state index contributed by atoms with van der Waals surface area (Å²) >= 11 is 3.43. The van der Waals surface area contributed by atoms with Crippen LogP contribution in [-0.2, 0) is 13.1 Å². The van der Waals surface area contributed by atoms with E-state index in [0.29, 0.717) is 18.3 Å². The number of nitrogens with one attached hydrogen (secondary N) is 1. The maximum atomic E-state index is 4.88. The maximum Gasteiger partial charge on any atom is 0.223 e. The van der Waals surface area contributed by atoms with Gasteiger partial charge in [-0.2, -0.15) is 4.98 Å². The molecule has 0 saturated carbocycles. The molecule has 4 nitrogen and oxygen atoms in total. The van der Waals surface area contributed by atoms with Crippen LogP contribution < -0.4 is 5.32 Å². The number of aromatic nitrogens is 2. The second-order valence-corrected chi connectivity index (χ2v) is 4.38. The zero-order valence-electron chi connectivity index (χ0n) is 8.90. The monoisotopic (exact) mass is 281 g/mol. The lowest BCUT2D eigenvalue weighted by atomic mass is 10.2. The molecule has 0 spiro atoms. The first-order valence-corrected chi connectivity index (χ1v) is 5.78. The molecule has 0 unspecified atom stereocenters. The summed E-state index contributed by atoms with van der Waals surface area (Å²) in [6.07, 6.45) is 0. The summed E-state index contributed by atoms with van der Waals surface area (Å²) in [5.74, 6) is 1.28. The Morgan fingerprint density at radius 3 is 2.94 bits per heavy atom. The molecule has 1 aromatic heterocycles. The molecule has 1 N–H and O–H groups in total. The molecule has 1 heterocycles. The molecule has 1 aromatic carbocycles. The minimum absolute atomic E-state index is 0.597. The highest BCUT2D eigenvalue weighted by Gasteiger charge is 2.01. The van der Waals surface area contributed by atoms with Crippen LogP contribution in [0.15, 0.2) is 33.3 Å². The summed E-state index contributed by atoms with van der Waals surface area (Å²) < 4.78 is 5.96. The predicted octanol–water partition coefficient (Wildman–Crippen LogP) is 2.43. The average molecular weight is 282 g/mol. The highest BCUT2D eigenvalue weighted by Crippen LogP contribution is 2.11. The number of halogens is 1. The number of hydrogen-bond acceptors (Lipinski definition) is 4. The normalized spacial score (nSPS) is 10.6. The fourth-order valence-electron chi connectivity index (χ4n) is 1.38. The summed E-state index contributed by atoms with van der Waals surface area (Å²) in [6.45, 7) is 3.18. The van der Waals surface area contributed by atoms with Crippen molar-refractivity contribution >= 4 is 15.9 Å². The quantitative estimate of drug-likeness (QED) is 0.935. The molecule has 0 fully saturated rings. The van der Waals surface area contributed by atoms with Crippen molar-refractivity contribution in [3.8, 4) is 0 Å². The average Bonchev–Trinajstić information content (AvgIpc) is 2.64. The molecule has 84 valence electrons. The van der Waals surface area contributed by atoms with Crippen LogP contribution in [0.1, 0.15) is 17.3 Å². The molecule has 16 heavy (non-hydrogen) atoms. The highest BCUT2D eigenvalue weighted by atomic mass is 79.9. The first-order chi connectivity index (χ1) is 7.74. The Morgan fingerprint density at radius 1 is 1.38 bits per heavy atom. The van der Waals surface area contributed by atoms with Gasteiger partial charge in [-0.15, -0.1) is 0 Å². The Bertz CT molecular complexity index is 470. The molecule has 5 heteroatoms. The van der Waals surface area contributed by atoms with Gasteiger partial charge in [-0.1, -0.05) is 33.2 Å². The zero-order chi connectivity index (χ0) is 11.4. The largest absolute Gasteiger partial charge is 0.340 e. The fourth-order valence-corrected chi connectivity index (χ4v) is 1.83. The van der Waals surface area contributed by atoms with Gasteiger partial charge in [-0.25, -0.2) is 0 Å². The van der Waals surface area contributed by atoms with E-state index in [-0.39, 0.29) is 0 Å². The number of aryl methyl sites for hydroxylation is 1. The molecule has 2 rings (SSSR count). The second-order valence-electron chi connectivity index (χ2n) is 3.46. The van der Waals surface area contributed by atoms with Gasteiger partial charge >= 0.3 is 0 Å². The van der Waals surface area contributed by atoms with Crippen LogP contribution in [0, 0.1) is 6.92 Å². The zero-order valence-corrected chi connectivity index (χ0v) is 10.5. The summed E-state index contributed by atoms with van der Waals surface area (Å²) in [4.78, 5) is 4.11. The van der Waals surface area contributed by atoms with Gasteiger partial charge in [-0.05, 0) is 17.7 Å². The highest BCUT2D eigenvalue weighted by molar-refractivity contribution is 9.10. The Balaban J connectivity index is 1.84. The van der Waals surface area contributed by atoms with Crippen LogP contribution >= 0.6 is 15.9 Å². The second kappa shape index (κ2) is 5.23. The number of benzene rings is 1. The molecule has 0 aliphatic carbocycles. The van der Waals surface area contributed by atoms with E-state index in [1.165, 1.54) is 5.56 Å². The van der Waals surface area contributed by atoms with Crippen molar-refractivity contribution in [3.63, 3.8) is 0 Å². The molecule has 0 amide bonds. The first kappa shape index (κ1) is 11.3. The van der Waals surface area contributed by atoms with Gasteiger partial charge < -0.3 is 9.84 Å². The lowest BCUT2D eigenvalue weighted by molar-refractivity contribution is 0.385. The van der Waals surface area contributed by atoms with Crippen molar-refractivity contribution in [2.45, 2.75) is 20.0 Å². The Labute approximate surface area is 102 Å². The fraction of sp³-hybridized carbons (Fsp3) is 0.273. The van der Waals surface area contributed by atoms with E-state index >= 15 is 0 Å². The van der Waals surface area contributed by atoms with Crippen LogP contribution in [-0.4, -0.2) is 10.1 Å². The standard InChI is InChI=1S/C11H12BrN3O/c1-8-14-11(15-16-8)7-13-6-9-3-2-4-10(12)5-9/h2-5,13H,6-7H2,1H3. The van der Waals surface area contributed by atoms with E-state index in [4.69, 9.17) is 4.52 Å². The van der Waals surface area contributed by atoms with Crippen molar-refractivity contribution in [2.75, 3.05) is 0 Å². The molecule has 0 radical (unpaired) electrons. The summed E-state index contributed by atoms with van der Waals surface area (Å²) in [7, 11) is 0. The molecule has 2 aromatic rings. The number of rotatable bonds is 4. The maximum absolute atomic E-state index is 4.88. The SMILES string of the molecule is Cc1nc(CNCc2cccc(Br)c2)no1. The van der Waals surface area contributed by atoms with Crippen LogP contribution in [0.4, 0.5) is 0 Å². The van der Waals surface area contributed by atoms with E-state index in [1.54, 1.807) is 6.92 Å². The topological polar surface area (TPSA) is 51.0 Å². The summed E-state index contributed by atoms with van der Waals surface area (Å²) in [6, 6.07) is 8.17. The van der Waals surface area contributed by atoms with Crippen molar-refractivity contribution in [1.82, 2.24) is 15.5 Å². The number of nitrogens with zero attached hydrogens (tertiary/aromatic N) is 2. The van der Waals surface area contributed by atoms with E-state index in [9.17, 15) is 0 Å². The molecule has 0 bridgehead atoms. The van der Waals surface area contributed by atoms with Gasteiger partial charge in [0, 0.05) is 17.9 Å². The van der Waals surface area contributed by atoms with E-state index < -0.39 is 0 Å². The van der Waals surface area contributed by atoms with Crippen molar-refractivity contribution < 1.29 is 4.52 Å². The summed E-state index contributed by atoms with van der Waals surface area (Å²) in [5.41, 5.74) is 1.22. The van der Waals surface area contributed by atoms with Gasteiger partial charge in [0.2, 0.25) is 5.89 Å². The molecule has 0 atom stereocenters. The van der Waals surface area contributed by atoms with Crippen molar-refractivity contribution in [1.29, 1.82) is 0 Å². The van der Waals surface area contributed by atoms with Crippen molar-refractivity contribution in [2.24, 2.45) is 0 Å². The van der Waals surface area contributed by atoms with E-state index in [0.717, 1.165) is 11.0 Å². The Hall–Kier alpha value is -1.20. The van der Waals surface area contributed by atoms with Crippen LogP contribution in [0.5, 0.6) is 0 Å². The van der Waals surface area contributed by atoms with Crippen LogP contribution in [0.25, 0.3) is 0 Å². The lowest BCUT2D eigenvalue weighted by Crippen LogP contribution is -2.13. The van der Waals surface area contributed by atoms with Gasteiger partial charge in [0.1, 0.15) is 0 Å². The number of hydrogen-bond donors (Lipinski definition) is 1. The van der Waals surface area contributed by atoms with Crippen LogP contribution in [0.2, 0.25) is 0 Å². The minimum Gasteiger partial charge on any atom is -0.340 e. The first-order valence-electron chi connectivity index (χ1n) is 4.98. The minimum atomic E-state index is 0.597. The van der Waals surface area contributed by atoms with E-state index in [2.05, 4.69) is 43.5 Å². The lowest BCUT2D eigenvalue weighted by Gasteiger charge is -2.02. The third-order valence-electron chi connectivity index (χ3n) is 2.07. The third kappa shape index (κ3) is 3.15. The van der Waals surface area contributed by atoms with Gasteiger partial charge in [0.15, 0.2) is 5.82 Å². The van der Waals surface area contributed by atoms with Crippen LogP contribution in [0.3, 0.4) is 0 Å². The molecular formula is C11H12BrN3O. The third-order valence-corrected chi connectivity index (χ3v) is 2.56. The molecule has 0 aliphatic heterocycles. The summed E-state index contributed by atoms with van der Waals surface area (Å²) in [5, 5.41) is 7.06. The molecular weight excluding hydrogens is 270 g/mol. The molecule has 0 saturated heterocycles. The van der Waals surface area contributed by atoms with Gasteiger partial charge in [0.25, 0.3) is 0 Å².